The van der Waals surface area contributed by atoms with E-state index in [1.165, 1.54) is 29.1 Å². The second-order valence-electron chi connectivity index (χ2n) is 11.0. The quantitative estimate of drug-likeness (QED) is 0.353. The van der Waals surface area contributed by atoms with Crippen LogP contribution in [0.25, 0.3) is 11.1 Å². The Morgan fingerprint density at radius 1 is 1.02 bits per heavy atom. The molecule has 3 aliphatic rings. The van der Waals surface area contributed by atoms with Crippen molar-refractivity contribution < 1.29 is 4.79 Å². The molecule has 3 aromatic carbocycles. The number of anilines is 1. The zero-order valence-electron chi connectivity index (χ0n) is 22.3. The largest absolute Gasteiger partial charge is 0.325 e. The summed E-state index contributed by atoms with van der Waals surface area (Å²) in [5.41, 5.74) is 5.99. The third-order valence-corrected chi connectivity index (χ3v) is 10.3. The summed E-state index contributed by atoms with van der Waals surface area (Å²) in [6, 6.07) is 22.6. The molecule has 1 spiro atoms. The Kier molecular flexibility index (Phi) is 8.12. The highest BCUT2D eigenvalue weighted by atomic mass is 35.5. The van der Waals surface area contributed by atoms with Gasteiger partial charge in [0.15, 0.2) is 0 Å². The Bertz CT molecular complexity index is 1440. The van der Waals surface area contributed by atoms with Gasteiger partial charge in [0.2, 0.25) is 5.91 Å². The molecule has 2 fully saturated rings. The summed E-state index contributed by atoms with van der Waals surface area (Å²) in [6.07, 6.45) is 4.15. The van der Waals surface area contributed by atoms with E-state index in [2.05, 4.69) is 57.2 Å². The van der Waals surface area contributed by atoms with Crippen LogP contribution in [0.15, 0.2) is 60.7 Å². The normalized spacial score (nSPS) is 20.7. The van der Waals surface area contributed by atoms with Crippen LogP contribution in [0, 0.1) is 11.3 Å². The minimum absolute atomic E-state index is 0.0549. The van der Waals surface area contributed by atoms with Crippen molar-refractivity contribution >= 4 is 46.6 Å². The first kappa shape index (κ1) is 27.6. The first-order chi connectivity index (χ1) is 19.4. The summed E-state index contributed by atoms with van der Waals surface area (Å²) in [5, 5.41) is 13.4. The molecular weight excluding hydrogens is 559 g/mol. The molecule has 5 nitrogen and oxygen atoms in total. The maximum atomic E-state index is 13.3. The van der Waals surface area contributed by atoms with Crippen molar-refractivity contribution in [2.75, 3.05) is 43.0 Å². The molecule has 1 amide bonds. The van der Waals surface area contributed by atoms with Crippen molar-refractivity contribution in [1.29, 1.82) is 5.26 Å². The minimum atomic E-state index is -0.188. The van der Waals surface area contributed by atoms with Crippen molar-refractivity contribution in [3.63, 3.8) is 0 Å². The second-order valence-corrected chi connectivity index (χ2v) is 13.1. The van der Waals surface area contributed by atoms with Crippen LogP contribution in [0.2, 0.25) is 10.0 Å². The Labute approximate surface area is 250 Å². The average Bonchev–Trinajstić information content (AvgIpc) is 3.49. The lowest BCUT2D eigenvalue weighted by Crippen LogP contribution is -2.58. The molecule has 0 saturated carbocycles. The van der Waals surface area contributed by atoms with Crippen LogP contribution in [-0.2, 0) is 16.8 Å². The number of thioether (sulfide) groups is 1. The Morgan fingerprint density at radius 2 is 1.80 bits per heavy atom. The van der Waals surface area contributed by atoms with Crippen molar-refractivity contribution in [2.24, 2.45) is 0 Å². The van der Waals surface area contributed by atoms with E-state index in [9.17, 15) is 10.1 Å². The van der Waals surface area contributed by atoms with Crippen molar-refractivity contribution in [3.05, 3.63) is 87.4 Å². The van der Waals surface area contributed by atoms with Crippen LogP contribution >= 0.6 is 35.0 Å². The zero-order chi connectivity index (χ0) is 27.7. The number of nitrogens with one attached hydrogen (secondary N) is 1. The number of amides is 1. The molecule has 3 heterocycles. The van der Waals surface area contributed by atoms with Crippen LogP contribution in [-0.4, -0.2) is 59.4 Å². The van der Waals surface area contributed by atoms with Gasteiger partial charge in [-0.25, -0.2) is 0 Å². The smallest absolute Gasteiger partial charge is 0.238 e. The van der Waals surface area contributed by atoms with Gasteiger partial charge in [0.25, 0.3) is 0 Å². The second kappa shape index (κ2) is 11.8. The summed E-state index contributed by atoms with van der Waals surface area (Å²) in [4.78, 5) is 18.4. The predicted octanol–water partition coefficient (Wildman–Crippen LogP) is 6.83. The average molecular weight is 592 g/mol. The predicted molar refractivity (Wildman–Crippen MR) is 165 cm³/mol. The number of nitriles is 1. The van der Waals surface area contributed by atoms with Gasteiger partial charge < -0.3 is 5.32 Å². The van der Waals surface area contributed by atoms with Gasteiger partial charge >= 0.3 is 0 Å². The molecule has 6 rings (SSSR count). The number of nitrogens with zero attached hydrogens (tertiary/aromatic N) is 3. The number of carbonyl (C=O) groups excluding carboxylic acids is 1. The van der Waals surface area contributed by atoms with Gasteiger partial charge in [-0.15, -0.1) is 0 Å². The third kappa shape index (κ3) is 5.64. The summed E-state index contributed by atoms with van der Waals surface area (Å²) >= 11 is 14.4. The van der Waals surface area contributed by atoms with E-state index in [-0.39, 0.29) is 11.4 Å². The van der Waals surface area contributed by atoms with E-state index in [0.717, 1.165) is 50.0 Å². The number of likely N-dealkylation sites (tertiary alicyclic amines) is 1. The Morgan fingerprint density at radius 3 is 2.52 bits per heavy atom. The number of hydrogen-bond acceptors (Lipinski definition) is 5. The number of halogens is 2. The molecule has 1 N–H and O–H groups in total. The Hall–Kier alpha value is -2.53. The number of piperidine rings is 1. The first-order valence-corrected chi connectivity index (χ1v) is 15.8. The van der Waals surface area contributed by atoms with Crippen LogP contribution in [0.5, 0.6) is 0 Å². The number of carbonyl (C=O) groups is 1. The highest BCUT2D eigenvalue weighted by molar-refractivity contribution is 7.99. The van der Waals surface area contributed by atoms with E-state index in [1.807, 2.05) is 18.2 Å². The molecule has 0 radical (unpaired) electrons. The minimum Gasteiger partial charge on any atom is -0.325 e. The highest BCUT2D eigenvalue weighted by Gasteiger charge is 2.46. The molecular formula is C32H32Cl2N4OS. The number of benzene rings is 3. The maximum absolute atomic E-state index is 13.3. The summed E-state index contributed by atoms with van der Waals surface area (Å²) in [5.74, 6) is 2.43. The topological polar surface area (TPSA) is 59.4 Å². The van der Waals surface area contributed by atoms with Crippen molar-refractivity contribution in [1.82, 2.24) is 9.80 Å². The molecule has 0 aromatic heterocycles. The molecule has 2 saturated heterocycles. The van der Waals surface area contributed by atoms with Gasteiger partial charge in [-0.1, -0.05) is 53.5 Å². The number of hydrogen-bond donors (Lipinski definition) is 1. The zero-order valence-corrected chi connectivity index (χ0v) is 24.7. The summed E-state index contributed by atoms with van der Waals surface area (Å²) in [6.45, 7) is 3.21. The van der Waals surface area contributed by atoms with Crippen molar-refractivity contribution in [2.45, 2.75) is 37.3 Å². The molecule has 40 heavy (non-hydrogen) atoms. The molecule has 0 bridgehead atoms. The van der Waals surface area contributed by atoms with Gasteiger partial charge in [-0.3, -0.25) is 14.6 Å². The molecule has 1 unspecified atom stereocenters. The first-order valence-electron chi connectivity index (χ1n) is 13.9. The van der Waals surface area contributed by atoms with Crippen LogP contribution in [0.1, 0.15) is 36.0 Å². The van der Waals surface area contributed by atoms with E-state index < -0.39 is 0 Å². The van der Waals surface area contributed by atoms with Crippen LogP contribution in [0.4, 0.5) is 5.69 Å². The third-order valence-electron chi connectivity index (χ3n) is 8.72. The molecule has 3 aromatic rings. The van der Waals surface area contributed by atoms with E-state index in [0.29, 0.717) is 33.9 Å². The molecule has 0 aliphatic carbocycles. The number of fused-ring (bicyclic) bond motifs is 2. The van der Waals surface area contributed by atoms with E-state index >= 15 is 0 Å². The van der Waals surface area contributed by atoms with Gasteiger partial charge in [-0.05, 0) is 84.0 Å². The standard InChI is InChI=1S/C32H32Cl2N4OS/c33-26-16-27(34)18-28(17-26)36-31(39)20-38-10-6-25-15-24(23-3-1-2-22(14-23)19-35)4-5-30(25)32(38)8-11-37(12-9-32)29-7-13-40-21-29/h1-5,14-18,29H,6-13,20-21H2,(H,36,39). The Balaban J connectivity index is 1.29. The van der Waals surface area contributed by atoms with Crippen molar-refractivity contribution in [3.8, 4) is 17.2 Å². The molecule has 8 heteroatoms. The number of rotatable bonds is 5. The van der Waals surface area contributed by atoms with E-state index in [1.54, 1.807) is 18.2 Å². The van der Waals surface area contributed by atoms with Gasteiger partial charge in [0.05, 0.1) is 18.2 Å². The monoisotopic (exact) mass is 590 g/mol. The van der Waals surface area contributed by atoms with E-state index in [4.69, 9.17) is 23.2 Å². The lowest BCUT2D eigenvalue weighted by atomic mass is 9.73. The van der Waals surface area contributed by atoms with Gasteiger partial charge in [-0.2, -0.15) is 17.0 Å². The lowest BCUT2D eigenvalue weighted by molar-refractivity contribution is -0.120. The van der Waals surface area contributed by atoms with Crippen LogP contribution < -0.4 is 5.32 Å². The van der Waals surface area contributed by atoms with Gasteiger partial charge in [0, 0.05) is 52.7 Å². The molecule has 1 atom stereocenters. The summed E-state index contributed by atoms with van der Waals surface area (Å²) < 4.78 is 0. The lowest BCUT2D eigenvalue weighted by Gasteiger charge is -2.53. The fourth-order valence-corrected chi connectivity index (χ4v) is 8.51. The molecule has 3 aliphatic heterocycles. The maximum Gasteiger partial charge on any atom is 0.238 e. The molecule has 206 valence electrons. The van der Waals surface area contributed by atoms with Gasteiger partial charge in [0.1, 0.15) is 0 Å². The summed E-state index contributed by atoms with van der Waals surface area (Å²) in [7, 11) is 0. The fourth-order valence-electron chi connectivity index (χ4n) is 6.73. The van der Waals surface area contributed by atoms with Crippen LogP contribution in [0.3, 0.4) is 0 Å². The SMILES string of the molecule is N#Cc1cccc(-c2ccc3c(c2)CCN(CC(=O)Nc2cc(Cl)cc(Cl)c2)C32CCN(C3CCSC3)CC2)c1. The fraction of sp³-hybridized carbons (Fsp3) is 0.375. The highest BCUT2D eigenvalue weighted by Crippen LogP contribution is 2.45.